The van der Waals surface area contributed by atoms with Gasteiger partial charge in [0.05, 0.1) is 0 Å². The van der Waals surface area contributed by atoms with Crippen LogP contribution >= 0.6 is 0 Å². The number of primary amides is 2. The summed E-state index contributed by atoms with van der Waals surface area (Å²) < 4.78 is 0. The molecule has 0 aliphatic rings. The molecule has 0 aliphatic heterocycles. The van der Waals surface area contributed by atoms with Crippen molar-refractivity contribution < 1.29 is 19.5 Å². The minimum absolute atomic E-state index is 0.278. The lowest BCUT2D eigenvalue weighted by atomic mass is 10.2. The fraction of sp³-hybridized carbons (Fsp3) is 0.200. The molecule has 1 rings (SSSR count). The molecular formula is C10H12N4O4. The van der Waals surface area contributed by atoms with E-state index in [4.69, 9.17) is 11.5 Å². The molecule has 0 fully saturated rings. The predicted octanol–water partition coefficient (Wildman–Crippen LogP) is -1.80. The van der Waals surface area contributed by atoms with E-state index in [1.54, 1.807) is 0 Å². The summed E-state index contributed by atoms with van der Waals surface area (Å²) in [5.41, 5.74) is 9.63. The first-order valence-electron chi connectivity index (χ1n) is 4.91. The van der Waals surface area contributed by atoms with Gasteiger partial charge in [-0.1, -0.05) is 0 Å². The van der Waals surface area contributed by atoms with Gasteiger partial charge in [-0.3, -0.25) is 14.4 Å². The predicted molar refractivity (Wildman–Crippen MR) is 60.2 cm³/mol. The SMILES string of the molecule is NC(=O)CN(CC(N)=O)C(=O)c1ncccc1O. The highest BCUT2D eigenvalue weighted by Crippen LogP contribution is 2.14. The summed E-state index contributed by atoms with van der Waals surface area (Å²) in [6.45, 7) is -0.977. The van der Waals surface area contributed by atoms with Gasteiger partial charge in [0.25, 0.3) is 5.91 Å². The van der Waals surface area contributed by atoms with Crippen molar-refractivity contribution in [2.45, 2.75) is 0 Å². The first kappa shape index (κ1) is 13.4. The van der Waals surface area contributed by atoms with Crippen LogP contribution in [0.4, 0.5) is 0 Å². The number of amides is 3. The van der Waals surface area contributed by atoms with Crippen LogP contribution in [0.15, 0.2) is 18.3 Å². The molecule has 1 aromatic rings. The minimum atomic E-state index is -0.806. The average Bonchev–Trinajstić information content (AvgIpc) is 2.26. The van der Waals surface area contributed by atoms with E-state index >= 15 is 0 Å². The molecule has 0 unspecified atom stereocenters. The molecule has 0 bridgehead atoms. The lowest BCUT2D eigenvalue weighted by molar-refractivity contribution is -0.121. The van der Waals surface area contributed by atoms with Crippen LogP contribution < -0.4 is 11.5 Å². The first-order valence-corrected chi connectivity index (χ1v) is 4.91. The number of nitrogens with zero attached hydrogens (tertiary/aromatic N) is 2. The maximum atomic E-state index is 11.9. The second-order valence-electron chi connectivity index (χ2n) is 3.46. The van der Waals surface area contributed by atoms with Gasteiger partial charge in [-0.05, 0) is 12.1 Å². The minimum Gasteiger partial charge on any atom is -0.505 e. The van der Waals surface area contributed by atoms with Crippen molar-refractivity contribution >= 4 is 17.7 Å². The Bertz CT molecular complexity index is 473. The van der Waals surface area contributed by atoms with Gasteiger partial charge in [-0.2, -0.15) is 0 Å². The Balaban J connectivity index is 2.98. The second-order valence-corrected chi connectivity index (χ2v) is 3.46. The van der Waals surface area contributed by atoms with E-state index in [0.29, 0.717) is 0 Å². The van der Waals surface area contributed by atoms with Crippen molar-refractivity contribution in [1.82, 2.24) is 9.88 Å². The van der Waals surface area contributed by atoms with Gasteiger partial charge in [-0.15, -0.1) is 0 Å². The highest BCUT2D eigenvalue weighted by molar-refractivity contribution is 5.98. The lowest BCUT2D eigenvalue weighted by Gasteiger charge is -2.19. The number of hydrogen-bond donors (Lipinski definition) is 3. The van der Waals surface area contributed by atoms with Crippen molar-refractivity contribution in [2.24, 2.45) is 11.5 Å². The fourth-order valence-electron chi connectivity index (χ4n) is 1.29. The van der Waals surface area contributed by atoms with Gasteiger partial charge in [0.15, 0.2) is 5.69 Å². The largest absolute Gasteiger partial charge is 0.505 e. The highest BCUT2D eigenvalue weighted by Gasteiger charge is 2.22. The van der Waals surface area contributed by atoms with E-state index in [1.807, 2.05) is 0 Å². The Kier molecular flexibility index (Phi) is 4.19. The zero-order valence-electron chi connectivity index (χ0n) is 9.37. The molecular weight excluding hydrogens is 240 g/mol. The molecule has 1 heterocycles. The third-order valence-electron chi connectivity index (χ3n) is 1.97. The summed E-state index contributed by atoms with van der Waals surface area (Å²) in [4.78, 5) is 38.0. The molecule has 96 valence electrons. The number of aromatic nitrogens is 1. The van der Waals surface area contributed by atoms with E-state index in [9.17, 15) is 19.5 Å². The molecule has 8 heteroatoms. The molecule has 5 N–H and O–H groups in total. The first-order chi connectivity index (χ1) is 8.41. The number of hydrogen-bond acceptors (Lipinski definition) is 5. The monoisotopic (exact) mass is 252 g/mol. The molecule has 18 heavy (non-hydrogen) atoms. The molecule has 0 saturated heterocycles. The molecule has 0 aromatic carbocycles. The van der Waals surface area contributed by atoms with Gasteiger partial charge >= 0.3 is 0 Å². The zero-order valence-corrected chi connectivity index (χ0v) is 9.37. The lowest BCUT2D eigenvalue weighted by Crippen LogP contribution is -2.43. The second kappa shape index (κ2) is 5.62. The van der Waals surface area contributed by atoms with Crippen molar-refractivity contribution in [3.8, 4) is 5.75 Å². The van der Waals surface area contributed by atoms with Gasteiger partial charge < -0.3 is 21.5 Å². The number of carbonyl (C=O) groups is 3. The maximum absolute atomic E-state index is 11.9. The molecule has 1 aromatic heterocycles. The van der Waals surface area contributed by atoms with Gasteiger partial charge in [0.1, 0.15) is 18.8 Å². The number of pyridine rings is 1. The van der Waals surface area contributed by atoms with Crippen molar-refractivity contribution in [1.29, 1.82) is 0 Å². The van der Waals surface area contributed by atoms with Crippen LogP contribution in [0.3, 0.4) is 0 Å². The summed E-state index contributed by atoms with van der Waals surface area (Å²) in [6, 6.07) is 2.69. The van der Waals surface area contributed by atoms with E-state index in [-0.39, 0.29) is 11.4 Å². The number of aromatic hydroxyl groups is 1. The van der Waals surface area contributed by atoms with Crippen LogP contribution in [0.5, 0.6) is 5.75 Å². The number of rotatable bonds is 5. The Morgan fingerprint density at radius 1 is 1.22 bits per heavy atom. The zero-order chi connectivity index (χ0) is 13.7. The van der Waals surface area contributed by atoms with Crippen LogP contribution in [0.1, 0.15) is 10.5 Å². The summed E-state index contributed by atoms with van der Waals surface area (Å²) >= 11 is 0. The third kappa shape index (κ3) is 3.44. The van der Waals surface area contributed by atoms with E-state index in [1.165, 1.54) is 18.3 Å². The Hall–Kier alpha value is -2.64. The summed E-state index contributed by atoms with van der Waals surface area (Å²) in [6.07, 6.45) is 1.29. The molecule has 3 amide bonds. The third-order valence-corrected chi connectivity index (χ3v) is 1.97. The van der Waals surface area contributed by atoms with Crippen molar-refractivity contribution in [3.05, 3.63) is 24.0 Å². The molecule has 0 radical (unpaired) electrons. The van der Waals surface area contributed by atoms with E-state index in [2.05, 4.69) is 4.98 Å². The van der Waals surface area contributed by atoms with Crippen LogP contribution in [0.2, 0.25) is 0 Å². The van der Waals surface area contributed by atoms with Gasteiger partial charge in [-0.25, -0.2) is 4.98 Å². The average molecular weight is 252 g/mol. The number of nitrogens with two attached hydrogens (primary N) is 2. The van der Waals surface area contributed by atoms with E-state index in [0.717, 1.165) is 4.90 Å². The Morgan fingerprint density at radius 3 is 2.22 bits per heavy atom. The van der Waals surface area contributed by atoms with Crippen molar-refractivity contribution in [2.75, 3.05) is 13.1 Å². The normalized spacial score (nSPS) is 9.78. The molecule has 0 spiro atoms. The Labute approximate surface area is 102 Å². The fourth-order valence-corrected chi connectivity index (χ4v) is 1.29. The number of carbonyl (C=O) groups excluding carboxylic acids is 3. The topological polar surface area (TPSA) is 140 Å². The van der Waals surface area contributed by atoms with Crippen LogP contribution in [-0.2, 0) is 9.59 Å². The molecule has 0 saturated carbocycles. The van der Waals surface area contributed by atoms with Crippen LogP contribution in [0.25, 0.3) is 0 Å². The molecule has 0 atom stereocenters. The van der Waals surface area contributed by atoms with E-state index < -0.39 is 30.8 Å². The quantitative estimate of drug-likeness (QED) is 0.567. The van der Waals surface area contributed by atoms with Crippen LogP contribution in [-0.4, -0.2) is 45.8 Å². The summed E-state index contributed by atoms with van der Waals surface area (Å²) in [5.74, 6) is -2.77. The maximum Gasteiger partial charge on any atom is 0.277 e. The Morgan fingerprint density at radius 2 is 1.78 bits per heavy atom. The molecule has 0 aliphatic carbocycles. The van der Waals surface area contributed by atoms with Crippen molar-refractivity contribution in [3.63, 3.8) is 0 Å². The molecule has 8 nitrogen and oxygen atoms in total. The van der Waals surface area contributed by atoms with Gasteiger partial charge in [0, 0.05) is 6.20 Å². The van der Waals surface area contributed by atoms with Gasteiger partial charge in [0.2, 0.25) is 11.8 Å². The standard InChI is InChI=1S/C10H12N4O4/c11-7(16)4-14(5-8(12)17)10(18)9-6(15)2-1-3-13-9/h1-3,15H,4-5H2,(H2,11,16)(H2,12,17). The summed E-state index contributed by atoms with van der Waals surface area (Å²) in [5, 5.41) is 9.46. The highest BCUT2D eigenvalue weighted by atomic mass is 16.3. The summed E-state index contributed by atoms with van der Waals surface area (Å²) in [7, 11) is 0. The smallest absolute Gasteiger partial charge is 0.277 e. The van der Waals surface area contributed by atoms with Crippen LogP contribution in [0, 0.1) is 0 Å².